The van der Waals surface area contributed by atoms with E-state index in [2.05, 4.69) is 10.3 Å². The SMILES string of the molecule is CC(C)(C)OC(=O)N1CCC[C@@H]1C(=O)Nc1ccc(S(C)(=O)=O)nc1. The van der Waals surface area contributed by atoms with Crippen LogP contribution in [0.4, 0.5) is 10.5 Å². The summed E-state index contributed by atoms with van der Waals surface area (Å²) in [6, 6.07) is 2.17. The quantitative estimate of drug-likeness (QED) is 0.871. The number of ether oxygens (including phenoxy) is 1. The Morgan fingerprint density at radius 2 is 2.00 bits per heavy atom. The Morgan fingerprint density at radius 3 is 2.52 bits per heavy atom. The van der Waals surface area contributed by atoms with E-state index in [1.165, 1.54) is 23.2 Å². The van der Waals surface area contributed by atoms with E-state index < -0.39 is 27.6 Å². The van der Waals surface area contributed by atoms with E-state index in [0.717, 1.165) is 6.26 Å². The molecule has 2 rings (SSSR count). The molecule has 9 heteroatoms. The molecule has 0 bridgehead atoms. The number of amides is 2. The number of hydrogen-bond acceptors (Lipinski definition) is 6. The van der Waals surface area contributed by atoms with Crippen LogP contribution >= 0.6 is 0 Å². The zero-order valence-corrected chi connectivity index (χ0v) is 15.6. The van der Waals surface area contributed by atoms with Crippen LogP contribution < -0.4 is 5.32 Å². The maximum Gasteiger partial charge on any atom is 0.410 e. The monoisotopic (exact) mass is 369 g/mol. The second kappa shape index (κ2) is 6.99. The maximum absolute atomic E-state index is 12.5. The normalized spacial score (nSPS) is 18.1. The average molecular weight is 369 g/mol. The lowest BCUT2D eigenvalue weighted by Gasteiger charge is -2.28. The summed E-state index contributed by atoms with van der Waals surface area (Å²) in [5.41, 5.74) is -0.264. The van der Waals surface area contributed by atoms with Crippen molar-refractivity contribution < 1.29 is 22.7 Å². The number of nitrogens with zero attached hydrogens (tertiary/aromatic N) is 2. The molecule has 1 N–H and O–H groups in total. The third-order valence-corrected chi connectivity index (χ3v) is 4.57. The Labute approximate surface area is 147 Å². The third kappa shape index (κ3) is 5.15. The highest BCUT2D eigenvalue weighted by molar-refractivity contribution is 7.90. The predicted molar refractivity (Wildman–Crippen MR) is 91.9 cm³/mol. The number of anilines is 1. The van der Waals surface area contributed by atoms with E-state index >= 15 is 0 Å². The van der Waals surface area contributed by atoms with Gasteiger partial charge in [0.15, 0.2) is 14.9 Å². The minimum Gasteiger partial charge on any atom is -0.444 e. The molecular weight excluding hydrogens is 346 g/mol. The second-order valence-electron chi connectivity index (χ2n) is 6.98. The van der Waals surface area contributed by atoms with Crippen LogP contribution in [0.5, 0.6) is 0 Å². The van der Waals surface area contributed by atoms with Gasteiger partial charge in [0, 0.05) is 12.8 Å². The molecule has 0 unspecified atom stereocenters. The number of rotatable bonds is 3. The number of likely N-dealkylation sites (tertiary alicyclic amines) is 1. The van der Waals surface area contributed by atoms with Crippen molar-refractivity contribution in [3.8, 4) is 0 Å². The van der Waals surface area contributed by atoms with Crippen LogP contribution in [0, 0.1) is 0 Å². The maximum atomic E-state index is 12.5. The van der Waals surface area contributed by atoms with E-state index in [1.807, 2.05) is 0 Å². The van der Waals surface area contributed by atoms with Crippen LogP contribution in [0.2, 0.25) is 0 Å². The molecule has 1 aliphatic heterocycles. The zero-order chi connectivity index (χ0) is 18.8. The average Bonchev–Trinajstić information content (AvgIpc) is 2.94. The summed E-state index contributed by atoms with van der Waals surface area (Å²) in [5.74, 6) is -0.350. The molecule has 1 saturated heterocycles. The zero-order valence-electron chi connectivity index (χ0n) is 14.8. The van der Waals surface area contributed by atoms with Crippen LogP contribution in [0.15, 0.2) is 23.4 Å². The number of nitrogens with one attached hydrogen (secondary N) is 1. The molecule has 0 aromatic carbocycles. The summed E-state index contributed by atoms with van der Waals surface area (Å²) in [6.45, 7) is 5.76. The largest absolute Gasteiger partial charge is 0.444 e. The molecule has 138 valence electrons. The first-order valence-corrected chi connectivity index (χ1v) is 9.83. The topological polar surface area (TPSA) is 106 Å². The molecule has 1 fully saturated rings. The highest BCUT2D eigenvalue weighted by atomic mass is 32.2. The van der Waals surface area contributed by atoms with Gasteiger partial charge in [-0.2, -0.15) is 0 Å². The fourth-order valence-electron chi connectivity index (χ4n) is 2.48. The van der Waals surface area contributed by atoms with Crippen LogP contribution in [0.3, 0.4) is 0 Å². The Morgan fingerprint density at radius 1 is 1.32 bits per heavy atom. The van der Waals surface area contributed by atoms with Gasteiger partial charge < -0.3 is 10.1 Å². The summed E-state index contributed by atoms with van der Waals surface area (Å²) in [6.07, 6.45) is 3.07. The van der Waals surface area contributed by atoms with Crippen molar-refractivity contribution >= 4 is 27.5 Å². The molecule has 25 heavy (non-hydrogen) atoms. The summed E-state index contributed by atoms with van der Waals surface area (Å²) in [5, 5.41) is 2.60. The van der Waals surface area contributed by atoms with Gasteiger partial charge in [-0.15, -0.1) is 0 Å². The fraction of sp³-hybridized carbons (Fsp3) is 0.562. The Balaban J connectivity index is 2.05. The summed E-state index contributed by atoms with van der Waals surface area (Å²) in [4.78, 5) is 29.9. The van der Waals surface area contributed by atoms with Crippen molar-refractivity contribution in [2.24, 2.45) is 0 Å². The number of hydrogen-bond donors (Lipinski definition) is 1. The van der Waals surface area contributed by atoms with E-state index in [9.17, 15) is 18.0 Å². The molecule has 1 aliphatic rings. The van der Waals surface area contributed by atoms with Crippen molar-refractivity contribution in [2.45, 2.75) is 50.3 Å². The molecular formula is C16H23N3O5S. The molecule has 1 atom stereocenters. The Hall–Kier alpha value is -2.16. The molecule has 1 aromatic heterocycles. The van der Waals surface area contributed by atoms with Crippen molar-refractivity contribution in [3.05, 3.63) is 18.3 Å². The molecule has 0 spiro atoms. The molecule has 1 aromatic rings. The smallest absolute Gasteiger partial charge is 0.410 e. The number of carbonyl (C=O) groups excluding carboxylic acids is 2. The summed E-state index contributed by atoms with van der Waals surface area (Å²) in [7, 11) is -3.39. The van der Waals surface area contributed by atoms with Gasteiger partial charge in [-0.05, 0) is 45.7 Å². The predicted octanol–water partition coefficient (Wildman–Crippen LogP) is 1.82. The lowest BCUT2D eigenvalue weighted by molar-refractivity contribution is -0.120. The Bertz CT molecular complexity index is 753. The lowest BCUT2D eigenvalue weighted by Crippen LogP contribution is -2.45. The van der Waals surface area contributed by atoms with Crippen molar-refractivity contribution in [1.29, 1.82) is 0 Å². The highest BCUT2D eigenvalue weighted by Gasteiger charge is 2.36. The molecule has 2 heterocycles. The minimum absolute atomic E-state index is 0.0678. The van der Waals surface area contributed by atoms with Crippen LogP contribution in [-0.2, 0) is 19.4 Å². The van der Waals surface area contributed by atoms with Gasteiger partial charge in [0.2, 0.25) is 5.91 Å². The third-order valence-electron chi connectivity index (χ3n) is 3.57. The van der Waals surface area contributed by atoms with Gasteiger partial charge in [-0.3, -0.25) is 9.69 Å². The van der Waals surface area contributed by atoms with Gasteiger partial charge in [-0.1, -0.05) is 0 Å². The van der Waals surface area contributed by atoms with Gasteiger partial charge in [-0.25, -0.2) is 18.2 Å². The molecule has 0 aliphatic carbocycles. The first-order valence-electron chi connectivity index (χ1n) is 7.94. The molecule has 0 radical (unpaired) electrons. The van der Waals surface area contributed by atoms with Crippen LogP contribution in [0.25, 0.3) is 0 Å². The second-order valence-corrected chi connectivity index (χ2v) is 8.94. The standard InChI is InChI=1S/C16H23N3O5S/c1-16(2,3)24-15(21)19-9-5-6-12(19)14(20)18-11-7-8-13(17-10-11)25(4,22)23/h7-8,10,12H,5-6,9H2,1-4H3,(H,18,20)/t12-/m1/s1. The first kappa shape index (κ1) is 19.2. The van der Waals surface area contributed by atoms with Crippen LogP contribution in [-0.4, -0.2) is 54.7 Å². The van der Waals surface area contributed by atoms with Gasteiger partial charge in [0.25, 0.3) is 0 Å². The van der Waals surface area contributed by atoms with E-state index in [0.29, 0.717) is 25.1 Å². The van der Waals surface area contributed by atoms with Gasteiger partial charge in [0.05, 0.1) is 11.9 Å². The summed E-state index contributed by atoms with van der Waals surface area (Å²) < 4.78 is 28.1. The van der Waals surface area contributed by atoms with E-state index in [1.54, 1.807) is 20.8 Å². The van der Waals surface area contributed by atoms with Gasteiger partial charge >= 0.3 is 6.09 Å². The lowest BCUT2D eigenvalue weighted by atomic mass is 10.2. The van der Waals surface area contributed by atoms with Gasteiger partial charge in [0.1, 0.15) is 11.6 Å². The Kier molecular flexibility index (Phi) is 5.36. The number of sulfone groups is 1. The highest BCUT2D eigenvalue weighted by Crippen LogP contribution is 2.22. The number of carbonyl (C=O) groups is 2. The number of pyridine rings is 1. The number of aromatic nitrogens is 1. The van der Waals surface area contributed by atoms with Crippen molar-refractivity contribution in [1.82, 2.24) is 9.88 Å². The molecule has 0 saturated carbocycles. The molecule has 8 nitrogen and oxygen atoms in total. The van der Waals surface area contributed by atoms with E-state index in [-0.39, 0.29) is 10.9 Å². The minimum atomic E-state index is -3.39. The van der Waals surface area contributed by atoms with E-state index in [4.69, 9.17) is 4.74 Å². The van der Waals surface area contributed by atoms with Crippen molar-refractivity contribution in [2.75, 3.05) is 18.1 Å². The molecule has 2 amide bonds. The summed E-state index contributed by atoms with van der Waals surface area (Å²) >= 11 is 0. The fourth-order valence-corrected chi connectivity index (χ4v) is 3.04. The van der Waals surface area contributed by atoms with Crippen LogP contribution in [0.1, 0.15) is 33.6 Å². The van der Waals surface area contributed by atoms with Crippen molar-refractivity contribution in [3.63, 3.8) is 0 Å². The first-order chi connectivity index (χ1) is 11.5.